The Morgan fingerprint density at radius 1 is 1.16 bits per heavy atom. The molecule has 0 unspecified atom stereocenters. The second kappa shape index (κ2) is 6.52. The largest absolute Gasteiger partial charge is 0.355 e. The van der Waals surface area contributed by atoms with Gasteiger partial charge in [0.05, 0.1) is 16.6 Å². The zero-order valence-electron chi connectivity index (χ0n) is 13.2. The van der Waals surface area contributed by atoms with Gasteiger partial charge in [0.1, 0.15) is 12.1 Å². The lowest BCUT2D eigenvalue weighted by Crippen LogP contribution is -2.52. The van der Waals surface area contributed by atoms with Crippen LogP contribution < -0.4 is 10.2 Å². The zero-order valence-corrected chi connectivity index (χ0v) is 14.0. The molecule has 1 amide bonds. The van der Waals surface area contributed by atoms with E-state index in [1.165, 1.54) is 6.33 Å². The van der Waals surface area contributed by atoms with Crippen LogP contribution in [0.25, 0.3) is 5.82 Å². The highest BCUT2D eigenvalue weighted by molar-refractivity contribution is 6.33. The number of benzene rings is 1. The first-order chi connectivity index (χ1) is 12.2. The zero-order chi connectivity index (χ0) is 17.2. The van der Waals surface area contributed by atoms with Crippen molar-refractivity contribution in [1.82, 2.24) is 19.7 Å². The fourth-order valence-electron chi connectivity index (χ4n) is 2.67. The fourth-order valence-corrected chi connectivity index (χ4v) is 2.85. The van der Waals surface area contributed by atoms with Crippen LogP contribution in [0.15, 0.2) is 55.1 Å². The maximum Gasteiger partial charge on any atom is 0.231 e. The Hall–Kier alpha value is -2.93. The van der Waals surface area contributed by atoms with Gasteiger partial charge < -0.3 is 10.2 Å². The molecule has 7 nitrogen and oxygen atoms in total. The second-order valence-electron chi connectivity index (χ2n) is 5.76. The van der Waals surface area contributed by atoms with Crippen LogP contribution in [0.2, 0.25) is 5.02 Å². The number of carbonyl (C=O) groups excluding carboxylic acids is 1. The van der Waals surface area contributed by atoms with Crippen molar-refractivity contribution in [2.24, 2.45) is 5.92 Å². The molecule has 8 heteroatoms. The highest BCUT2D eigenvalue weighted by Crippen LogP contribution is 2.26. The molecular weight excluding hydrogens is 340 g/mol. The molecule has 1 aromatic carbocycles. The Labute approximate surface area is 149 Å². The number of nitrogens with zero attached hydrogens (tertiary/aromatic N) is 5. The monoisotopic (exact) mass is 354 g/mol. The SMILES string of the molecule is O=C(Nc1ccccc1Cl)C1CN(c2cc(-n3cccn3)ncn2)C1. The van der Waals surface area contributed by atoms with E-state index in [9.17, 15) is 4.79 Å². The molecule has 0 atom stereocenters. The molecule has 4 rings (SSSR count). The molecule has 0 saturated carbocycles. The van der Waals surface area contributed by atoms with E-state index in [0.29, 0.717) is 29.6 Å². The molecule has 126 valence electrons. The van der Waals surface area contributed by atoms with Crippen molar-refractivity contribution in [3.8, 4) is 5.82 Å². The Bertz CT molecular complexity index is 892. The average molecular weight is 355 g/mol. The molecule has 2 aromatic heterocycles. The van der Waals surface area contributed by atoms with Crippen LogP contribution in [0.5, 0.6) is 0 Å². The number of carbonyl (C=O) groups is 1. The molecule has 0 aliphatic carbocycles. The van der Waals surface area contributed by atoms with Gasteiger partial charge in [-0.25, -0.2) is 14.6 Å². The number of amides is 1. The summed E-state index contributed by atoms with van der Waals surface area (Å²) < 4.78 is 1.67. The quantitative estimate of drug-likeness (QED) is 0.778. The topological polar surface area (TPSA) is 75.9 Å². The van der Waals surface area contributed by atoms with Gasteiger partial charge in [-0.1, -0.05) is 23.7 Å². The summed E-state index contributed by atoms with van der Waals surface area (Å²) in [7, 11) is 0. The highest BCUT2D eigenvalue weighted by atomic mass is 35.5. The van der Waals surface area contributed by atoms with Crippen LogP contribution in [0.3, 0.4) is 0 Å². The predicted molar refractivity (Wildman–Crippen MR) is 94.9 cm³/mol. The first kappa shape index (κ1) is 15.6. The summed E-state index contributed by atoms with van der Waals surface area (Å²) in [5.74, 6) is 1.34. The summed E-state index contributed by atoms with van der Waals surface area (Å²) in [6.45, 7) is 1.21. The van der Waals surface area contributed by atoms with Gasteiger partial charge in [0.15, 0.2) is 5.82 Å². The molecule has 1 N–H and O–H groups in total. The first-order valence-electron chi connectivity index (χ1n) is 7.83. The maximum atomic E-state index is 12.3. The lowest BCUT2D eigenvalue weighted by Gasteiger charge is -2.39. The van der Waals surface area contributed by atoms with Crippen molar-refractivity contribution in [3.05, 3.63) is 60.1 Å². The number of halogens is 1. The van der Waals surface area contributed by atoms with Crippen molar-refractivity contribution in [2.45, 2.75) is 0 Å². The summed E-state index contributed by atoms with van der Waals surface area (Å²) in [4.78, 5) is 22.9. The minimum atomic E-state index is -0.0978. The maximum absolute atomic E-state index is 12.3. The third-order valence-electron chi connectivity index (χ3n) is 4.09. The minimum absolute atomic E-state index is 0.0364. The molecule has 0 radical (unpaired) electrons. The van der Waals surface area contributed by atoms with Gasteiger partial charge in [-0.05, 0) is 18.2 Å². The van der Waals surface area contributed by atoms with Crippen LogP contribution >= 0.6 is 11.6 Å². The summed E-state index contributed by atoms with van der Waals surface area (Å²) in [6.07, 6.45) is 5.02. The molecule has 1 fully saturated rings. The standard InChI is InChI=1S/C17H15ClN6O/c18-13-4-1-2-5-14(13)22-17(25)12-9-23(10-12)15-8-16(20-11-19-15)24-7-3-6-21-24/h1-8,11-12H,9-10H2,(H,22,25). The van der Waals surface area contributed by atoms with Crippen LogP contribution in [-0.2, 0) is 4.79 Å². The van der Waals surface area contributed by atoms with Crippen LogP contribution in [0.4, 0.5) is 11.5 Å². The van der Waals surface area contributed by atoms with E-state index in [1.54, 1.807) is 23.0 Å². The van der Waals surface area contributed by atoms with Crippen molar-refractivity contribution in [2.75, 3.05) is 23.3 Å². The van der Waals surface area contributed by atoms with Crippen molar-refractivity contribution in [3.63, 3.8) is 0 Å². The molecular formula is C17H15ClN6O. The minimum Gasteiger partial charge on any atom is -0.355 e. The predicted octanol–water partition coefficient (Wildman–Crippen LogP) is 2.39. The van der Waals surface area contributed by atoms with Crippen molar-refractivity contribution in [1.29, 1.82) is 0 Å². The third-order valence-corrected chi connectivity index (χ3v) is 4.41. The second-order valence-corrected chi connectivity index (χ2v) is 6.16. The summed E-state index contributed by atoms with van der Waals surface area (Å²) in [5.41, 5.74) is 0.635. The molecule has 1 aliphatic rings. The van der Waals surface area contributed by atoms with E-state index >= 15 is 0 Å². The van der Waals surface area contributed by atoms with E-state index in [2.05, 4.69) is 20.4 Å². The summed E-state index contributed by atoms with van der Waals surface area (Å²) in [5, 5.41) is 7.57. The van der Waals surface area contributed by atoms with Gasteiger partial charge in [-0.2, -0.15) is 5.10 Å². The van der Waals surface area contributed by atoms with Crippen LogP contribution in [0.1, 0.15) is 0 Å². The van der Waals surface area contributed by atoms with E-state index in [1.807, 2.05) is 35.4 Å². The van der Waals surface area contributed by atoms with E-state index in [-0.39, 0.29) is 11.8 Å². The van der Waals surface area contributed by atoms with Gasteiger partial charge in [0.25, 0.3) is 0 Å². The number of hydrogen-bond acceptors (Lipinski definition) is 5. The Morgan fingerprint density at radius 3 is 2.72 bits per heavy atom. The van der Waals surface area contributed by atoms with E-state index in [4.69, 9.17) is 11.6 Å². The van der Waals surface area contributed by atoms with E-state index < -0.39 is 0 Å². The van der Waals surface area contributed by atoms with Gasteiger partial charge in [0, 0.05) is 31.5 Å². The summed E-state index contributed by atoms with van der Waals surface area (Å²) >= 11 is 6.07. The number of nitrogens with one attached hydrogen (secondary N) is 1. The van der Waals surface area contributed by atoms with E-state index in [0.717, 1.165) is 5.82 Å². The van der Waals surface area contributed by atoms with Gasteiger partial charge in [-0.15, -0.1) is 0 Å². The van der Waals surface area contributed by atoms with Gasteiger partial charge in [-0.3, -0.25) is 4.79 Å². The number of hydrogen-bond donors (Lipinski definition) is 1. The molecule has 3 heterocycles. The smallest absolute Gasteiger partial charge is 0.231 e. The Balaban J connectivity index is 1.40. The third kappa shape index (κ3) is 3.18. The Morgan fingerprint density at radius 2 is 1.96 bits per heavy atom. The number of rotatable bonds is 4. The van der Waals surface area contributed by atoms with Gasteiger partial charge >= 0.3 is 0 Å². The number of para-hydroxylation sites is 1. The lowest BCUT2D eigenvalue weighted by molar-refractivity contribution is -0.120. The average Bonchev–Trinajstić information content (AvgIpc) is 3.10. The summed E-state index contributed by atoms with van der Waals surface area (Å²) in [6, 6.07) is 10.9. The first-order valence-corrected chi connectivity index (χ1v) is 8.21. The number of aromatic nitrogens is 4. The Kier molecular flexibility index (Phi) is 4.07. The van der Waals surface area contributed by atoms with Crippen molar-refractivity contribution >= 4 is 29.0 Å². The molecule has 25 heavy (non-hydrogen) atoms. The lowest BCUT2D eigenvalue weighted by atomic mass is 9.99. The molecule has 1 aliphatic heterocycles. The molecule has 1 saturated heterocycles. The molecule has 0 spiro atoms. The van der Waals surface area contributed by atoms with Gasteiger partial charge in [0.2, 0.25) is 5.91 Å². The van der Waals surface area contributed by atoms with Crippen LogP contribution in [0, 0.1) is 5.92 Å². The highest BCUT2D eigenvalue weighted by Gasteiger charge is 2.34. The van der Waals surface area contributed by atoms with Crippen molar-refractivity contribution < 1.29 is 4.79 Å². The number of anilines is 2. The normalized spacial score (nSPS) is 14.2. The fraction of sp³-hybridized carbons (Fsp3) is 0.176. The molecule has 3 aromatic rings. The molecule has 0 bridgehead atoms. The van der Waals surface area contributed by atoms with Crippen LogP contribution in [-0.4, -0.2) is 38.7 Å².